The molecule has 2 aromatic rings. The second kappa shape index (κ2) is 3.23. The van der Waals surface area contributed by atoms with Crippen molar-refractivity contribution < 1.29 is 4.74 Å². The molecule has 13 heavy (non-hydrogen) atoms. The van der Waals surface area contributed by atoms with Crippen molar-refractivity contribution in [3.8, 4) is 5.75 Å². The van der Waals surface area contributed by atoms with Crippen LogP contribution in [0.15, 0.2) is 30.6 Å². The molecule has 0 spiro atoms. The first-order valence-electron chi connectivity index (χ1n) is 3.89. The van der Waals surface area contributed by atoms with Crippen LogP contribution in [0.5, 0.6) is 5.75 Å². The maximum Gasteiger partial charge on any atom is 0.145 e. The fourth-order valence-electron chi connectivity index (χ4n) is 1.29. The van der Waals surface area contributed by atoms with Gasteiger partial charge in [-0.15, -0.1) is 0 Å². The summed E-state index contributed by atoms with van der Waals surface area (Å²) in [4.78, 5) is 4.04. The van der Waals surface area contributed by atoms with Crippen molar-refractivity contribution in [3.63, 3.8) is 0 Å². The molecule has 0 aliphatic rings. The summed E-state index contributed by atoms with van der Waals surface area (Å²) in [5.41, 5.74) is 0. The van der Waals surface area contributed by atoms with Gasteiger partial charge in [0.1, 0.15) is 5.75 Å². The number of aromatic nitrogens is 1. The van der Waals surface area contributed by atoms with Crippen LogP contribution in [0, 0.1) is 0 Å². The normalized spacial score (nSPS) is 10.3. The molecule has 1 aromatic heterocycles. The highest BCUT2D eigenvalue weighted by Gasteiger charge is 2.03. The molecule has 0 fully saturated rings. The molecule has 0 aliphatic heterocycles. The second-order valence-electron chi connectivity index (χ2n) is 2.68. The largest absolute Gasteiger partial charge is 0.494 e. The molecular formula is C10H8ClNO. The van der Waals surface area contributed by atoms with Gasteiger partial charge < -0.3 is 4.74 Å². The van der Waals surface area contributed by atoms with Crippen LogP contribution in [0.25, 0.3) is 10.8 Å². The number of pyridine rings is 1. The van der Waals surface area contributed by atoms with E-state index in [1.54, 1.807) is 19.5 Å². The van der Waals surface area contributed by atoms with E-state index >= 15 is 0 Å². The Morgan fingerprint density at radius 3 is 2.85 bits per heavy atom. The Labute approximate surface area is 81.1 Å². The Morgan fingerprint density at radius 2 is 2.08 bits per heavy atom. The Balaban J connectivity index is 2.84. The van der Waals surface area contributed by atoms with Gasteiger partial charge in [0.2, 0.25) is 0 Å². The smallest absolute Gasteiger partial charge is 0.145 e. The SMILES string of the molecule is COc1cncc2c(Cl)cccc12. The molecule has 0 atom stereocenters. The summed E-state index contributed by atoms with van der Waals surface area (Å²) in [6.07, 6.45) is 3.42. The van der Waals surface area contributed by atoms with E-state index in [2.05, 4.69) is 4.98 Å². The summed E-state index contributed by atoms with van der Waals surface area (Å²) < 4.78 is 5.16. The first-order chi connectivity index (χ1) is 6.33. The number of fused-ring (bicyclic) bond motifs is 1. The average Bonchev–Trinajstić information content (AvgIpc) is 2.18. The minimum atomic E-state index is 0.698. The first kappa shape index (κ1) is 8.32. The second-order valence-corrected chi connectivity index (χ2v) is 3.08. The maximum absolute atomic E-state index is 5.99. The summed E-state index contributed by atoms with van der Waals surface area (Å²) in [6.45, 7) is 0. The minimum absolute atomic E-state index is 0.698. The molecule has 0 unspecified atom stereocenters. The third kappa shape index (κ3) is 1.33. The predicted octanol–water partition coefficient (Wildman–Crippen LogP) is 2.90. The van der Waals surface area contributed by atoms with E-state index in [0.717, 1.165) is 16.5 Å². The zero-order chi connectivity index (χ0) is 9.26. The molecule has 0 saturated heterocycles. The van der Waals surface area contributed by atoms with Crippen molar-refractivity contribution >= 4 is 22.4 Å². The Morgan fingerprint density at radius 1 is 1.23 bits per heavy atom. The molecule has 0 aliphatic carbocycles. The molecule has 0 radical (unpaired) electrons. The van der Waals surface area contributed by atoms with Gasteiger partial charge in [-0.05, 0) is 6.07 Å². The van der Waals surface area contributed by atoms with Crippen molar-refractivity contribution in [1.82, 2.24) is 4.98 Å². The lowest BCUT2D eigenvalue weighted by Crippen LogP contribution is -1.86. The van der Waals surface area contributed by atoms with E-state index in [0.29, 0.717) is 5.02 Å². The van der Waals surface area contributed by atoms with E-state index in [1.807, 2.05) is 18.2 Å². The van der Waals surface area contributed by atoms with Crippen LogP contribution in [0.1, 0.15) is 0 Å². The highest BCUT2D eigenvalue weighted by atomic mass is 35.5. The molecule has 0 saturated carbocycles. The molecular weight excluding hydrogens is 186 g/mol. The zero-order valence-corrected chi connectivity index (χ0v) is 7.88. The third-order valence-electron chi connectivity index (χ3n) is 1.93. The quantitative estimate of drug-likeness (QED) is 0.695. The molecule has 0 bridgehead atoms. The fraction of sp³-hybridized carbons (Fsp3) is 0.100. The molecule has 1 heterocycles. The first-order valence-corrected chi connectivity index (χ1v) is 4.27. The highest BCUT2D eigenvalue weighted by molar-refractivity contribution is 6.35. The molecule has 2 nitrogen and oxygen atoms in total. The monoisotopic (exact) mass is 193 g/mol. The number of rotatable bonds is 1. The summed E-state index contributed by atoms with van der Waals surface area (Å²) in [7, 11) is 1.62. The van der Waals surface area contributed by atoms with E-state index < -0.39 is 0 Å². The molecule has 66 valence electrons. The van der Waals surface area contributed by atoms with Gasteiger partial charge >= 0.3 is 0 Å². The van der Waals surface area contributed by atoms with E-state index in [4.69, 9.17) is 16.3 Å². The molecule has 1 aromatic carbocycles. The van der Waals surface area contributed by atoms with E-state index in [9.17, 15) is 0 Å². The van der Waals surface area contributed by atoms with Gasteiger partial charge in [0.25, 0.3) is 0 Å². The molecule has 0 amide bonds. The van der Waals surface area contributed by atoms with Gasteiger partial charge in [0.15, 0.2) is 0 Å². The summed E-state index contributed by atoms with van der Waals surface area (Å²) in [5.74, 6) is 0.750. The number of halogens is 1. The van der Waals surface area contributed by atoms with Gasteiger partial charge in [-0.1, -0.05) is 23.7 Å². The number of nitrogens with zero attached hydrogens (tertiary/aromatic N) is 1. The van der Waals surface area contributed by atoms with Crippen LogP contribution < -0.4 is 4.74 Å². The number of hydrogen-bond donors (Lipinski definition) is 0. The van der Waals surface area contributed by atoms with Gasteiger partial charge in [-0.25, -0.2) is 0 Å². The Kier molecular flexibility index (Phi) is 2.07. The average molecular weight is 194 g/mol. The van der Waals surface area contributed by atoms with Gasteiger partial charge in [-0.2, -0.15) is 0 Å². The summed E-state index contributed by atoms with van der Waals surface area (Å²) >= 11 is 5.99. The molecule has 2 rings (SSSR count). The van der Waals surface area contributed by atoms with Crippen LogP contribution >= 0.6 is 11.6 Å². The summed E-state index contributed by atoms with van der Waals surface area (Å²) in [5, 5.41) is 2.61. The lowest BCUT2D eigenvalue weighted by Gasteiger charge is -2.04. The number of benzene rings is 1. The van der Waals surface area contributed by atoms with Crippen molar-refractivity contribution in [2.45, 2.75) is 0 Å². The third-order valence-corrected chi connectivity index (χ3v) is 2.26. The number of ether oxygens (including phenoxy) is 1. The number of methoxy groups -OCH3 is 1. The van der Waals surface area contributed by atoms with Crippen LogP contribution in [0.2, 0.25) is 5.02 Å². The van der Waals surface area contributed by atoms with Crippen molar-refractivity contribution in [2.75, 3.05) is 7.11 Å². The standard InChI is InChI=1S/C10H8ClNO/c1-13-10-6-12-5-8-7(10)3-2-4-9(8)11/h2-6H,1H3. The lowest BCUT2D eigenvalue weighted by atomic mass is 10.2. The van der Waals surface area contributed by atoms with Crippen molar-refractivity contribution in [3.05, 3.63) is 35.6 Å². The molecule has 3 heteroatoms. The lowest BCUT2D eigenvalue weighted by molar-refractivity contribution is 0.418. The van der Waals surface area contributed by atoms with E-state index in [1.165, 1.54) is 0 Å². The van der Waals surface area contributed by atoms with Crippen LogP contribution in [-0.4, -0.2) is 12.1 Å². The van der Waals surface area contributed by atoms with Crippen molar-refractivity contribution in [1.29, 1.82) is 0 Å². The minimum Gasteiger partial charge on any atom is -0.494 e. The topological polar surface area (TPSA) is 22.1 Å². The van der Waals surface area contributed by atoms with Crippen molar-refractivity contribution in [2.24, 2.45) is 0 Å². The van der Waals surface area contributed by atoms with Gasteiger partial charge in [0, 0.05) is 17.0 Å². The van der Waals surface area contributed by atoms with Crippen LogP contribution in [-0.2, 0) is 0 Å². The summed E-state index contributed by atoms with van der Waals surface area (Å²) in [6, 6.07) is 5.69. The predicted molar refractivity (Wildman–Crippen MR) is 53.3 cm³/mol. The number of hydrogen-bond acceptors (Lipinski definition) is 2. The van der Waals surface area contributed by atoms with Gasteiger partial charge in [-0.3, -0.25) is 4.98 Å². The Bertz CT molecular complexity index is 442. The highest BCUT2D eigenvalue weighted by Crippen LogP contribution is 2.28. The van der Waals surface area contributed by atoms with Crippen LogP contribution in [0.3, 0.4) is 0 Å². The van der Waals surface area contributed by atoms with Crippen LogP contribution in [0.4, 0.5) is 0 Å². The zero-order valence-electron chi connectivity index (χ0n) is 7.12. The van der Waals surface area contributed by atoms with E-state index in [-0.39, 0.29) is 0 Å². The fourth-order valence-corrected chi connectivity index (χ4v) is 1.52. The molecule has 0 N–H and O–H groups in total. The Hall–Kier alpha value is -1.28. The maximum atomic E-state index is 5.99. The van der Waals surface area contributed by atoms with Gasteiger partial charge in [0.05, 0.1) is 18.3 Å².